The molecule has 3 rings (SSSR count). The first-order chi connectivity index (χ1) is 12.0. The minimum atomic E-state index is -0.479. The molecule has 4 N–H and O–H groups in total. The number of hydrogen-bond acceptors (Lipinski definition) is 5. The van der Waals surface area contributed by atoms with Gasteiger partial charge in [-0.3, -0.25) is 4.79 Å². The molecule has 0 radical (unpaired) electrons. The Hall–Kier alpha value is -2.64. The van der Waals surface area contributed by atoms with Crippen LogP contribution >= 0.6 is 0 Å². The van der Waals surface area contributed by atoms with Gasteiger partial charge in [0.1, 0.15) is 17.6 Å². The Bertz CT molecular complexity index is 751. The lowest BCUT2D eigenvalue weighted by Gasteiger charge is -2.32. The van der Waals surface area contributed by atoms with Gasteiger partial charge in [0.05, 0.1) is 12.8 Å². The summed E-state index contributed by atoms with van der Waals surface area (Å²) in [6, 6.07) is 11.4. The van der Waals surface area contributed by atoms with Gasteiger partial charge < -0.3 is 15.4 Å². The average molecular weight is 344 g/mol. The van der Waals surface area contributed by atoms with Gasteiger partial charge in [0.15, 0.2) is 6.29 Å². The second kappa shape index (κ2) is 7.50. The Morgan fingerprint density at radius 3 is 2.60 bits per heavy atom. The van der Waals surface area contributed by atoms with Crippen molar-refractivity contribution in [2.45, 2.75) is 25.7 Å². The van der Waals surface area contributed by atoms with Gasteiger partial charge >= 0.3 is 0 Å². The number of carbonyl (C=O) groups excluding carboxylic acids is 1. The summed E-state index contributed by atoms with van der Waals surface area (Å²) in [4.78, 5) is 12.3. The van der Waals surface area contributed by atoms with E-state index in [9.17, 15) is 9.18 Å². The Kier molecular flexibility index (Phi) is 5.16. The first-order valence-electron chi connectivity index (χ1n) is 8.02. The van der Waals surface area contributed by atoms with Crippen LogP contribution in [0.2, 0.25) is 0 Å². The zero-order chi connectivity index (χ0) is 17.8. The molecule has 6 nitrogen and oxygen atoms in total. The van der Waals surface area contributed by atoms with Crippen LogP contribution in [0.3, 0.4) is 0 Å². The van der Waals surface area contributed by atoms with Crippen LogP contribution in [0.25, 0.3) is 0 Å². The third-order valence-electron chi connectivity index (χ3n) is 4.01. The molecule has 0 aliphatic carbocycles. The normalized spacial score (nSPS) is 20.0. The van der Waals surface area contributed by atoms with Crippen molar-refractivity contribution in [1.82, 2.24) is 16.2 Å². The van der Waals surface area contributed by atoms with Crippen molar-refractivity contribution in [3.8, 4) is 5.75 Å². The standard InChI is InChI=1S/C18H21FN4O2/c1-11-3-8-16(25-2)14(9-11)20-18-21-17(24)15(22-23-18)10-12-4-6-13(19)7-5-12/h3-9,15,18,20,22-23H,10H2,1-2H3,(H,21,24). The lowest BCUT2D eigenvalue weighted by atomic mass is 10.1. The number of hydrogen-bond donors (Lipinski definition) is 4. The van der Waals surface area contributed by atoms with Crippen molar-refractivity contribution in [3.63, 3.8) is 0 Å². The number of carbonyl (C=O) groups is 1. The Labute approximate surface area is 145 Å². The van der Waals surface area contributed by atoms with Crippen LogP contribution in [-0.4, -0.2) is 25.3 Å². The molecule has 1 fully saturated rings. The van der Waals surface area contributed by atoms with Crippen LogP contribution in [-0.2, 0) is 11.2 Å². The molecular weight excluding hydrogens is 323 g/mol. The van der Waals surface area contributed by atoms with E-state index in [2.05, 4.69) is 21.5 Å². The van der Waals surface area contributed by atoms with Crippen molar-refractivity contribution in [3.05, 3.63) is 59.4 Å². The second-order valence-electron chi connectivity index (χ2n) is 5.96. The van der Waals surface area contributed by atoms with E-state index in [1.54, 1.807) is 19.2 Å². The van der Waals surface area contributed by atoms with E-state index >= 15 is 0 Å². The number of methoxy groups -OCH3 is 1. The highest BCUT2D eigenvalue weighted by molar-refractivity contribution is 5.83. The highest BCUT2D eigenvalue weighted by Gasteiger charge is 2.27. The van der Waals surface area contributed by atoms with Crippen LogP contribution < -0.4 is 26.2 Å². The summed E-state index contributed by atoms with van der Waals surface area (Å²) in [7, 11) is 1.60. The van der Waals surface area contributed by atoms with Crippen molar-refractivity contribution in [2.24, 2.45) is 0 Å². The van der Waals surface area contributed by atoms with Crippen molar-refractivity contribution >= 4 is 11.6 Å². The molecule has 132 valence electrons. The molecule has 0 saturated carbocycles. The highest BCUT2D eigenvalue weighted by Crippen LogP contribution is 2.25. The molecule has 1 amide bonds. The van der Waals surface area contributed by atoms with Gasteiger partial charge in [0, 0.05) is 0 Å². The monoisotopic (exact) mass is 344 g/mol. The number of rotatable bonds is 5. The zero-order valence-corrected chi connectivity index (χ0v) is 14.1. The van der Waals surface area contributed by atoms with Gasteiger partial charge in [-0.15, -0.1) is 0 Å². The van der Waals surface area contributed by atoms with Gasteiger partial charge in [-0.2, -0.15) is 0 Å². The number of anilines is 1. The van der Waals surface area contributed by atoms with E-state index < -0.39 is 12.3 Å². The minimum Gasteiger partial charge on any atom is -0.495 e. The van der Waals surface area contributed by atoms with Crippen molar-refractivity contribution in [2.75, 3.05) is 12.4 Å². The topological polar surface area (TPSA) is 74.4 Å². The molecule has 2 atom stereocenters. The largest absolute Gasteiger partial charge is 0.495 e. The number of ether oxygens (including phenoxy) is 1. The predicted molar refractivity (Wildman–Crippen MR) is 93.4 cm³/mol. The smallest absolute Gasteiger partial charge is 0.241 e. The molecule has 1 aliphatic heterocycles. The van der Waals surface area contributed by atoms with Crippen LogP contribution in [0.5, 0.6) is 5.75 Å². The second-order valence-corrected chi connectivity index (χ2v) is 5.96. The van der Waals surface area contributed by atoms with E-state index in [-0.39, 0.29) is 11.7 Å². The summed E-state index contributed by atoms with van der Waals surface area (Å²) in [5, 5.41) is 6.05. The van der Waals surface area contributed by atoms with Crippen LogP contribution in [0.15, 0.2) is 42.5 Å². The Morgan fingerprint density at radius 1 is 1.16 bits per heavy atom. The minimum absolute atomic E-state index is 0.146. The van der Waals surface area contributed by atoms with Crippen LogP contribution in [0.1, 0.15) is 11.1 Å². The molecule has 7 heteroatoms. The van der Waals surface area contributed by atoms with Gasteiger partial charge in [-0.1, -0.05) is 18.2 Å². The highest BCUT2D eigenvalue weighted by atomic mass is 19.1. The molecule has 1 saturated heterocycles. The van der Waals surface area contributed by atoms with Crippen LogP contribution in [0, 0.1) is 12.7 Å². The fraction of sp³-hybridized carbons (Fsp3) is 0.278. The maximum absolute atomic E-state index is 13.0. The fourth-order valence-corrected chi connectivity index (χ4v) is 2.69. The summed E-state index contributed by atoms with van der Waals surface area (Å²) >= 11 is 0. The molecule has 2 aromatic carbocycles. The Morgan fingerprint density at radius 2 is 1.92 bits per heavy atom. The zero-order valence-electron chi connectivity index (χ0n) is 14.1. The summed E-state index contributed by atoms with van der Waals surface area (Å²) in [6.45, 7) is 1.98. The number of hydrazine groups is 1. The SMILES string of the molecule is COc1ccc(C)cc1NC1NNC(Cc2ccc(F)cc2)C(=O)N1. The maximum Gasteiger partial charge on any atom is 0.241 e. The number of aryl methyl sites for hydroxylation is 1. The van der Waals surface area contributed by atoms with E-state index in [1.165, 1.54) is 12.1 Å². The van der Waals surface area contributed by atoms with E-state index in [1.807, 2.05) is 25.1 Å². The molecule has 0 aromatic heterocycles. The number of benzene rings is 2. The van der Waals surface area contributed by atoms with E-state index in [4.69, 9.17) is 4.74 Å². The molecule has 25 heavy (non-hydrogen) atoms. The van der Waals surface area contributed by atoms with E-state index in [0.29, 0.717) is 12.2 Å². The summed E-state index contributed by atoms with van der Waals surface area (Å²) < 4.78 is 18.3. The number of halogens is 1. The maximum atomic E-state index is 13.0. The van der Waals surface area contributed by atoms with Crippen molar-refractivity contribution < 1.29 is 13.9 Å². The van der Waals surface area contributed by atoms with E-state index in [0.717, 1.165) is 16.8 Å². The summed E-state index contributed by atoms with van der Waals surface area (Å²) in [6.07, 6.45) is -0.0211. The number of amides is 1. The lowest BCUT2D eigenvalue weighted by Crippen LogP contribution is -2.68. The molecule has 2 aromatic rings. The quantitative estimate of drug-likeness (QED) is 0.664. The summed E-state index contributed by atoms with van der Waals surface area (Å²) in [5.41, 5.74) is 8.75. The molecule has 1 heterocycles. The average Bonchev–Trinajstić information content (AvgIpc) is 2.59. The number of nitrogens with one attached hydrogen (secondary N) is 4. The van der Waals surface area contributed by atoms with Gasteiger partial charge in [-0.25, -0.2) is 15.2 Å². The molecular formula is C18H21FN4O2. The molecule has 2 unspecified atom stereocenters. The Balaban J connectivity index is 1.61. The third-order valence-corrected chi connectivity index (χ3v) is 4.01. The summed E-state index contributed by atoms with van der Waals surface area (Å²) in [5.74, 6) is 0.251. The molecule has 0 spiro atoms. The fourth-order valence-electron chi connectivity index (χ4n) is 2.69. The molecule has 0 bridgehead atoms. The first-order valence-corrected chi connectivity index (χ1v) is 8.02. The lowest BCUT2D eigenvalue weighted by molar-refractivity contribution is -0.126. The molecule has 1 aliphatic rings. The van der Waals surface area contributed by atoms with Crippen LogP contribution in [0.4, 0.5) is 10.1 Å². The van der Waals surface area contributed by atoms with Crippen molar-refractivity contribution in [1.29, 1.82) is 0 Å². The van der Waals surface area contributed by atoms with Gasteiger partial charge in [0.2, 0.25) is 5.91 Å². The van der Waals surface area contributed by atoms with Gasteiger partial charge in [-0.05, 0) is 48.7 Å². The first kappa shape index (κ1) is 17.2. The third kappa shape index (κ3) is 4.26. The van der Waals surface area contributed by atoms with Gasteiger partial charge in [0.25, 0.3) is 0 Å². The predicted octanol–water partition coefficient (Wildman–Crippen LogP) is 1.67.